The summed E-state index contributed by atoms with van der Waals surface area (Å²) in [6.45, 7) is 2.61. The van der Waals surface area contributed by atoms with E-state index >= 15 is 0 Å². The van der Waals surface area contributed by atoms with E-state index in [1.807, 2.05) is 48.0 Å². The number of nitrogens with zero attached hydrogens (tertiary/aromatic N) is 4. The fraction of sp³-hybridized carbons (Fsp3) is 0.133. The summed E-state index contributed by atoms with van der Waals surface area (Å²) in [4.78, 5) is 4.20. The summed E-state index contributed by atoms with van der Waals surface area (Å²) >= 11 is 6.22. The van der Waals surface area contributed by atoms with Crippen molar-refractivity contribution in [3.05, 3.63) is 65.5 Å². The van der Waals surface area contributed by atoms with Crippen LogP contribution in [0, 0.1) is 6.92 Å². The highest BCUT2D eigenvalue weighted by molar-refractivity contribution is 6.33. The quantitative estimate of drug-likeness (QED) is 0.737. The van der Waals surface area contributed by atoms with Crippen LogP contribution in [-0.4, -0.2) is 19.7 Å². The van der Waals surface area contributed by atoms with Crippen molar-refractivity contribution in [2.24, 2.45) is 0 Å². The van der Waals surface area contributed by atoms with Crippen molar-refractivity contribution >= 4 is 24.0 Å². The number of benzene rings is 1. The van der Waals surface area contributed by atoms with E-state index in [0.717, 1.165) is 22.6 Å². The Balaban J connectivity index is 0.00000161. The number of hydrogen-bond donors (Lipinski definition) is 0. The lowest BCUT2D eigenvalue weighted by Crippen LogP contribution is -2.04. The van der Waals surface area contributed by atoms with Crippen LogP contribution in [0.25, 0.3) is 11.1 Å². The molecular formula is C15H14Cl2N4. The van der Waals surface area contributed by atoms with Gasteiger partial charge in [0.25, 0.3) is 0 Å². The van der Waals surface area contributed by atoms with E-state index in [-0.39, 0.29) is 12.4 Å². The lowest BCUT2D eigenvalue weighted by Gasteiger charge is -2.07. The van der Waals surface area contributed by atoms with E-state index in [0.29, 0.717) is 11.6 Å². The number of aryl methyl sites for hydroxylation is 1. The monoisotopic (exact) mass is 320 g/mol. The minimum atomic E-state index is 0. The molecule has 1 aromatic carbocycles. The Hall–Kier alpha value is -1.91. The lowest BCUT2D eigenvalue weighted by molar-refractivity contribution is 0.727. The molecule has 0 unspecified atom stereocenters. The molecule has 0 fully saturated rings. The predicted octanol–water partition coefficient (Wildman–Crippen LogP) is 3.77. The second-order valence-electron chi connectivity index (χ2n) is 4.52. The number of halogens is 2. The molecule has 2 heterocycles. The van der Waals surface area contributed by atoms with Gasteiger partial charge in [-0.25, -0.2) is 4.98 Å². The zero-order valence-corrected chi connectivity index (χ0v) is 13.0. The molecule has 0 aliphatic rings. The van der Waals surface area contributed by atoms with E-state index in [1.54, 1.807) is 12.4 Å². The highest BCUT2D eigenvalue weighted by Gasteiger charge is 2.06. The Kier molecular flexibility index (Phi) is 4.94. The Bertz CT molecular complexity index is 740. The van der Waals surface area contributed by atoms with Gasteiger partial charge in [0.15, 0.2) is 0 Å². The van der Waals surface area contributed by atoms with Crippen molar-refractivity contribution in [1.29, 1.82) is 0 Å². The van der Waals surface area contributed by atoms with Crippen molar-refractivity contribution in [1.82, 2.24) is 19.7 Å². The maximum Gasteiger partial charge on any atom is 0.105 e. The average Bonchev–Trinajstić information content (AvgIpc) is 2.85. The highest BCUT2D eigenvalue weighted by atomic mass is 35.5. The first-order chi connectivity index (χ1) is 9.74. The molecule has 0 saturated heterocycles. The van der Waals surface area contributed by atoms with Crippen LogP contribution in [0.2, 0.25) is 5.02 Å². The molecule has 21 heavy (non-hydrogen) atoms. The normalized spacial score (nSPS) is 10.2. The van der Waals surface area contributed by atoms with Gasteiger partial charge in [-0.15, -0.1) is 12.4 Å². The summed E-state index contributed by atoms with van der Waals surface area (Å²) in [5.41, 5.74) is 2.81. The first-order valence-electron chi connectivity index (χ1n) is 6.28. The molecule has 0 spiro atoms. The Labute approximate surface area is 134 Å². The van der Waals surface area contributed by atoms with Crippen LogP contribution in [0.15, 0.2) is 48.9 Å². The summed E-state index contributed by atoms with van der Waals surface area (Å²) in [5.74, 6) is 0.954. The molecule has 2 aromatic heterocycles. The van der Waals surface area contributed by atoms with Gasteiger partial charge in [-0.3, -0.25) is 0 Å². The van der Waals surface area contributed by atoms with Gasteiger partial charge in [0.1, 0.15) is 5.82 Å². The summed E-state index contributed by atoms with van der Waals surface area (Å²) in [6.07, 6.45) is 5.44. The second-order valence-corrected chi connectivity index (χ2v) is 4.92. The van der Waals surface area contributed by atoms with Gasteiger partial charge >= 0.3 is 0 Å². The molecule has 0 N–H and O–H groups in total. The third-order valence-electron chi connectivity index (χ3n) is 3.15. The van der Waals surface area contributed by atoms with E-state index < -0.39 is 0 Å². The van der Waals surface area contributed by atoms with E-state index in [9.17, 15) is 0 Å². The average molecular weight is 321 g/mol. The van der Waals surface area contributed by atoms with Crippen molar-refractivity contribution in [3.8, 4) is 11.1 Å². The summed E-state index contributed by atoms with van der Waals surface area (Å²) in [6, 6.07) is 9.73. The zero-order chi connectivity index (χ0) is 13.9. The Morgan fingerprint density at radius 3 is 2.76 bits per heavy atom. The fourth-order valence-electron chi connectivity index (χ4n) is 2.08. The lowest BCUT2D eigenvalue weighted by atomic mass is 10.1. The van der Waals surface area contributed by atoms with Crippen LogP contribution >= 0.6 is 24.0 Å². The van der Waals surface area contributed by atoms with Gasteiger partial charge in [0, 0.05) is 28.5 Å². The fourth-order valence-corrected chi connectivity index (χ4v) is 2.32. The summed E-state index contributed by atoms with van der Waals surface area (Å²) in [7, 11) is 0. The molecule has 4 nitrogen and oxygen atoms in total. The molecule has 0 bridgehead atoms. The van der Waals surface area contributed by atoms with E-state index in [2.05, 4.69) is 15.2 Å². The minimum Gasteiger partial charge on any atom is -0.329 e. The number of aromatic nitrogens is 4. The molecule has 6 heteroatoms. The molecular weight excluding hydrogens is 307 g/mol. The SMILES string of the molecule is Cc1nccn1Cc1cc(-c2ccccc2Cl)cnn1.Cl. The van der Waals surface area contributed by atoms with Crippen LogP contribution in [0.1, 0.15) is 11.5 Å². The van der Waals surface area contributed by atoms with Crippen LogP contribution < -0.4 is 0 Å². The summed E-state index contributed by atoms with van der Waals surface area (Å²) < 4.78 is 2.03. The molecule has 0 aliphatic carbocycles. The Morgan fingerprint density at radius 1 is 1.24 bits per heavy atom. The molecule has 108 valence electrons. The first-order valence-corrected chi connectivity index (χ1v) is 6.66. The molecule has 0 radical (unpaired) electrons. The van der Waals surface area contributed by atoms with Gasteiger partial charge < -0.3 is 4.57 Å². The molecule has 0 atom stereocenters. The number of rotatable bonds is 3. The number of hydrogen-bond acceptors (Lipinski definition) is 3. The molecule has 0 saturated carbocycles. The van der Waals surface area contributed by atoms with Crippen molar-refractivity contribution in [2.45, 2.75) is 13.5 Å². The molecule has 3 rings (SSSR count). The number of imidazole rings is 1. The standard InChI is InChI=1S/C15H13ClN4.ClH/c1-11-17-6-7-20(11)10-13-8-12(9-18-19-13)14-4-2-3-5-15(14)16;/h2-9H,10H2,1H3;1H. The maximum atomic E-state index is 6.22. The first kappa shape index (κ1) is 15.5. The second kappa shape index (κ2) is 6.70. The highest BCUT2D eigenvalue weighted by Crippen LogP contribution is 2.27. The van der Waals surface area contributed by atoms with Crippen LogP contribution in [0.4, 0.5) is 0 Å². The molecule has 0 aliphatic heterocycles. The van der Waals surface area contributed by atoms with Gasteiger partial charge in [-0.1, -0.05) is 29.8 Å². The third kappa shape index (κ3) is 3.40. The Morgan fingerprint density at radius 2 is 2.05 bits per heavy atom. The van der Waals surface area contributed by atoms with Crippen molar-refractivity contribution in [2.75, 3.05) is 0 Å². The molecule has 3 aromatic rings. The van der Waals surface area contributed by atoms with Crippen molar-refractivity contribution < 1.29 is 0 Å². The molecule has 0 amide bonds. The maximum absolute atomic E-state index is 6.22. The minimum absolute atomic E-state index is 0. The van der Waals surface area contributed by atoms with Crippen molar-refractivity contribution in [3.63, 3.8) is 0 Å². The van der Waals surface area contributed by atoms with E-state index in [4.69, 9.17) is 11.6 Å². The van der Waals surface area contributed by atoms with Gasteiger partial charge in [-0.05, 0) is 19.1 Å². The van der Waals surface area contributed by atoms with Crippen LogP contribution in [-0.2, 0) is 6.54 Å². The predicted molar refractivity (Wildman–Crippen MR) is 85.8 cm³/mol. The van der Waals surface area contributed by atoms with E-state index in [1.165, 1.54) is 0 Å². The smallest absolute Gasteiger partial charge is 0.105 e. The largest absolute Gasteiger partial charge is 0.329 e. The van der Waals surface area contributed by atoms with Crippen LogP contribution in [0.3, 0.4) is 0 Å². The van der Waals surface area contributed by atoms with Gasteiger partial charge in [-0.2, -0.15) is 10.2 Å². The topological polar surface area (TPSA) is 43.6 Å². The van der Waals surface area contributed by atoms with Gasteiger partial charge in [0.2, 0.25) is 0 Å². The zero-order valence-electron chi connectivity index (χ0n) is 11.4. The third-order valence-corrected chi connectivity index (χ3v) is 3.48. The van der Waals surface area contributed by atoms with Crippen LogP contribution in [0.5, 0.6) is 0 Å². The summed E-state index contributed by atoms with van der Waals surface area (Å²) in [5, 5.41) is 8.95. The van der Waals surface area contributed by atoms with Gasteiger partial charge in [0.05, 0.1) is 18.4 Å².